The van der Waals surface area contributed by atoms with Crippen LogP contribution in [0.4, 0.5) is 0 Å². The highest BCUT2D eigenvalue weighted by Gasteiger charge is 2.64. The van der Waals surface area contributed by atoms with E-state index < -0.39 is 0 Å². The molecule has 3 unspecified atom stereocenters. The standard InChI is InChI=1S/C12H14N2/c1-8-4-9-2-3-12(11(9)6-13-8)5-10-7-14(10)12/h4,6,10H,2-3,5,7H2,1H3. The molecule has 2 saturated heterocycles. The van der Waals surface area contributed by atoms with Gasteiger partial charge in [0.05, 0.1) is 5.54 Å². The second kappa shape index (κ2) is 2.03. The predicted octanol–water partition coefficient (Wildman–Crippen LogP) is 1.62. The third kappa shape index (κ3) is 0.672. The van der Waals surface area contributed by atoms with Gasteiger partial charge in [0.1, 0.15) is 0 Å². The van der Waals surface area contributed by atoms with Crippen LogP contribution < -0.4 is 0 Å². The van der Waals surface area contributed by atoms with E-state index in [1.807, 2.05) is 0 Å². The largest absolute Gasteiger partial charge is 0.288 e. The Kier molecular flexibility index (Phi) is 1.08. The van der Waals surface area contributed by atoms with Gasteiger partial charge in [-0.2, -0.15) is 0 Å². The zero-order chi connectivity index (χ0) is 9.34. The summed E-state index contributed by atoms with van der Waals surface area (Å²) in [7, 11) is 0. The molecule has 2 fully saturated rings. The summed E-state index contributed by atoms with van der Waals surface area (Å²) >= 11 is 0. The maximum atomic E-state index is 4.45. The van der Waals surface area contributed by atoms with E-state index in [1.165, 1.54) is 37.1 Å². The number of fused-ring (bicyclic) bond motifs is 4. The molecular weight excluding hydrogens is 172 g/mol. The Hall–Kier alpha value is -0.890. The van der Waals surface area contributed by atoms with Crippen molar-refractivity contribution in [3.05, 3.63) is 29.1 Å². The summed E-state index contributed by atoms with van der Waals surface area (Å²) in [5.41, 5.74) is 4.71. The first kappa shape index (κ1) is 7.41. The van der Waals surface area contributed by atoms with Gasteiger partial charge in [-0.1, -0.05) is 0 Å². The van der Waals surface area contributed by atoms with Gasteiger partial charge in [-0.25, -0.2) is 0 Å². The predicted molar refractivity (Wildman–Crippen MR) is 54.1 cm³/mol. The van der Waals surface area contributed by atoms with Gasteiger partial charge in [-0.3, -0.25) is 9.88 Å². The average molecular weight is 186 g/mol. The second-order valence-corrected chi connectivity index (χ2v) is 5.02. The zero-order valence-corrected chi connectivity index (χ0v) is 8.45. The van der Waals surface area contributed by atoms with Gasteiger partial charge in [-0.05, 0) is 43.4 Å². The molecule has 1 aromatic rings. The lowest BCUT2D eigenvalue weighted by atomic mass is 9.83. The maximum absolute atomic E-state index is 4.45. The van der Waals surface area contributed by atoms with Crippen molar-refractivity contribution >= 4 is 0 Å². The first-order valence-corrected chi connectivity index (χ1v) is 5.52. The molecule has 3 heterocycles. The van der Waals surface area contributed by atoms with Gasteiger partial charge in [0.15, 0.2) is 0 Å². The van der Waals surface area contributed by atoms with Crippen LogP contribution in [0.15, 0.2) is 12.3 Å². The number of hydrogen-bond donors (Lipinski definition) is 0. The fourth-order valence-corrected chi connectivity index (χ4v) is 3.50. The molecule has 0 N–H and O–H groups in total. The minimum atomic E-state index is 0.445. The summed E-state index contributed by atoms with van der Waals surface area (Å²) in [6.07, 6.45) is 6.13. The Labute approximate surface area is 83.9 Å². The Morgan fingerprint density at radius 2 is 2.50 bits per heavy atom. The molecule has 14 heavy (non-hydrogen) atoms. The number of aromatic nitrogens is 1. The smallest absolute Gasteiger partial charge is 0.0501 e. The third-order valence-corrected chi connectivity index (χ3v) is 4.27. The van der Waals surface area contributed by atoms with Crippen molar-refractivity contribution in [1.82, 2.24) is 9.88 Å². The molecule has 72 valence electrons. The molecule has 2 aliphatic heterocycles. The van der Waals surface area contributed by atoms with Crippen molar-refractivity contribution in [3.8, 4) is 0 Å². The quantitative estimate of drug-likeness (QED) is 0.572. The van der Waals surface area contributed by atoms with Gasteiger partial charge in [0.25, 0.3) is 0 Å². The van der Waals surface area contributed by atoms with E-state index >= 15 is 0 Å². The van der Waals surface area contributed by atoms with E-state index in [1.54, 1.807) is 5.56 Å². The van der Waals surface area contributed by atoms with Crippen LogP contribution in [-0.2, 0) is 12.0 Å². The topological polar surface area (TPSA) is 15.9 Å². The Morgan fingerprint density at radius 3 is 3.21 bits per heavy atom. The van der Waals surface area contributed by atoms with Crippen molar-refractivity contribution in [2.75, 3.05) is 6.54 Å². The van der Waals surface area contributed by atoms with Crippen LogP contribution in [0.5, 0.6) is 0 Å². The van der Waals surface area contributed by atoms with Crippen molar-refractivity contribution < 1.29 is 0 Å². The molecule has 0 radical (unpaired) electrons. The van der Waals surface area contributed by atoms with Crippen LogP contribution in [-0.4, -0.2) is 22.5 Å². The Balaban J connectivity index is 1.88. The lowest BCUT2D eigenvalue weighted by molar-refractivity contribution is 0.106. The summed E-state index contributed by atoms with van der Waals surface area (Å²) in [6, 6.07) is 3.21. The number of pyridine rings is 1. The van der Waals surface area contributed by atoms with Crippen LogP contribution in [0.25, 0.3) is 0 Å². The molecule has 0 amide bonds. The lowest BCUT2D eigenvalue weighted by Gasteiger charge is -2.40. The van der Waals surface area contributed by atoms with Crippen LogP contribution in [0.3, 0.4) is 0 Å². The molecule has 4 rings (SSSR count). The zero-order valence-electron chi connectivity index (χ0n) is 8.45. The maximum Gasteiger partial charge on any atom is 0.0501 e. The monoisotopic (exact) mass is 186 g/mol. The first-order chi connectivity index (χ1) is 6.79. The minimum Gasteiger partial charge on any atom is -0.288 e. The SMILES string of the molecule is Cc1cc2c(cn1)C1(CC2)CC2CN21. The highest BCUT2D eigenvalue weighted by atomic mass is 15.4. The fraction of sp³-hybridized carbons (Fsp3) is 0.583. The number of aryl methyl sites for hydroxylation is 2. The van der Waals surface area contributed by atoms with Gasteiger partial charge in [-0.15, -0.1) is 0 Å². The summed E-state index contributed by atoms with van der Waals surface area (Å²) in [4.78, 5) is 7.10. The van der Waals surface area contributed by atoms with Crippen LogP contribution in [0, 0.1) is 6.92 Å². The van der Waals surface area contributed by atoms with E-state index in [4.69, 9.17) is 0 Å². The molecule has 1 aromatic heterocycles. The van der Waals surface area contributed by atoms with Crippen LogP contribution >= 0.6 is 0 Å². The van der Waals surface area contributed by atoms with E-state index in [0.717, 1.165) is 6.04 Å². The molecule has 3 aliphatic rings. The van der Waals surface area contributed by atoms with Crippen molar-refractivity contribution in [2.45, 2.75) is 37.8 Å². The molecule has 2 heteroatoms. The normalized spacial score (nSPS) is 41.8. The molecule has 0 saturated carbocycles. The first-order valence-electron chi connectivity index (χ1n) is 5.52. The number of hydrogen-bond acceptors (Lipinski definition) is 2. The molecule has 0 bridgehead atoms. The highest BCUT2D eigenvalue weighted by molar-refractivity contribution is 5.43. The second-order valence-electron chi connectivity index (χ2n) is 5.02. The summed E-state index contributed by atoms with van der Waals surface area (Å²) in [6.45, 7) is 3.43. The van der Waals surface area contributed by atoms with E-state index in [-0.39, 0.29) is 0 Å². The molecule has 1 aliphatic carbocycles. The Bertz CT molecular complexity index is 426. The Morgan fingerprint density at radius 1 is 1.57 bits per heavy atom. The van der Waals surface area contributed by atoms with E-state index in [0.29, 0.717) is 5.54 Å². The fourth-order valence-electron chi connectivity index (χ4n) is 3.50. The van der Waals surface area contributed by atoms with Gasteiger partial charge in [0, 0.05) is 24.5 Å². The summed E-state index contributed by atoms with van der Waals surface area (Å²) in [5.74, 6) is 0. The van der Waals surface area contributed by atoms with Crippen molar-refractivity contribution in [3.63, 3.8) is 0 Å². The minimum absolute atomic E-state index is 0.445. The summed E-state index contributed by atoms with van der Waals surface area (Å²) < 4.78 is 0. The highest BCUT2D eigenvalue weighted by Crippen LogP contribution is 2.59. The van der Waals surface area contributed by atoms with Gasteiger partial charge >= 0.3 is 0 Å². The lowest BCUT2D eigenvalue weighted by Crippen LogP contribution is -2.43. The molecule has 0 aromatic carbocycles. The molecule has 2 nitrogen and oxygen atoms in total. The number of rotatable bonds is 0. The van der Waals surface area contributed by atoms with Gasteiger partial charge < -0.3 is 0 Å². The molecular formula is C12H14N2. The molecule has 3 atom stereocenters. The average Bonchev–Trinajstić information content (AvgIpc) is 2.71. The van der Waals surface area contributed by atoms with Gasteiger partial charge in [0.2, 0.25) is 0 Å². The molecule has 1 spiro atoms. The third-order valence-electron chi connectivity index (χ3n) is 4.27. The number of nitrogens with zero attached hydrogens (tertiary/aromatic N) is 2. The van der Waals surface area contributed by atoms with E-state index in [2.05, 4.69) is 29.1 Å². The van der Waals surface area contributed by atoms with Crippen molar-refractivity contribution in [1.29, 1.82) is 0 Å². The van der Waals surface area contributed by atoms with E-state index in [9.17, 15) is 0 Å². The van der Waals surface area contributed by atoms with Crippen LogP contribution in [0.1, 0.15) is 29.7 Å². The van der Waals surface area contributed by atoms with Crippen LogP contribution in [0.2, 0.25) is 0 Å². The van der Waals surface area contributed by atoms with Crippen molar-refractivity contribution in [2.24, 2.45) is 0 Å². The summed E-state index contributed by atoms with van der Waals surface area (Å²) in [5, 5.41) is 0.